The molecule has 30 heavy (non-hydrogen) atoms. The van der Waals surface area contributed by atoms with Crippen molar-refractivity contribution in [3.8, 4) is 0 Å². The summed E-state index contributed by atoms with van der Waals surface area (Å²) in [5.74, 6) is -1.06. The highest BCUT2D eigenvalue weighted by Gasteiger charge is 2.33. The number of likely N-dealkylation sites (N-methyl/N-ethyl adjacent to an activating group) is 1. The monoisotopic (exact) mass is 409 g/mol. The van der Waals surface area contributed by atoms with Crippen molar-refractivity contribution in [2.24, 2.45) is 5.41 Å². The molecule has 2 N–H and O–H groups in total. The quantitative estimate of drug-likeness (QED) is 0.811. The van der Waals surface area contributed by atoms with E-state index in [-0.39, 0.29) is 29.2 Å². The largest absolute Gasteiger partial charge is 0.332 e. The molecular weight excluding hydrogens is 382 g/mol. The van der Waals surface area contributed by atoms with E-state index in [1.54, 1.807) is 0 Å². The van der Waals surface area contributed by atoms with E-state index in [1.807, 2.05) is 45.9 Å². The molecule has 7 heteroatoms. The zero-order chi connectivity index (χ0) is 22.2. The van der Waals surface area contributed by atoms with Gasteiger partial charge in [-0.15, -0.1) is 0 Å². The molecule has 3 rings (SSSR count). The van der Waals surface area contributed by atoms with Gasteiger partial charge in [-0.3, -0.25) is 19.2 Å². The number of aromatic nitrogens is 1. The number of hydrogen-bond acceptors (Lipinski definition) is 4. The van der Waals surface area contributed by atoms with Gasteiger partial charge < -0.3 is 15.2 Å². The number of ketones is 1. The van der Waals surface area contributed by atoms with Gasteiger partial charge in [-0.2, -0.15) is 0 Å². The maximum absolute atomic E-state index is 12.8. The Kier molecular flexibility index (Phi) is 5.65. The standard InChI is InChI=1S/C23H27N3O4/c1-13-7-6-8-14(2)20(13)25-19(28)12-26(5)22(30)16-9-15-17(24-21(16)29)10-23(3,4)11-18(15)27/h6-9H,10-12H2,1-5H3,(H,24,29)(H,25,28). The number of pyridine rings is 1. The predicted octanol–water partition coefficient (Wildman–Crippen LogP) is 2.86. The van der Waals surface area contributed by atoms with Gasteiger partial charge in [0.05, 0.1) is 6.54 Å². The molecule has 0 fully saturated rings. The van der Waals surface area contributed by atoms with Gasteiger partial charge in [0.2, 0.25) is 5.91 Å². The first kappa shape index (κ1) is 21.5. The Balaban J connectivity index is 1.78. The fraction of sp³-hybridized carbons (Fsp3) is 0.391. The summed E-state index contributed by atoms with van der Waals surface area (Å²) in [5.41, 5.74) is 2.58. The third-order valence-corrected chi connectivity index (χ3v) is 5.42. The Labute approximate surface area is 175 Å². The van der Waals surface area contributed by atoms with Gasteiger partial charge in [0, 0.05) is 30.4 Å². The number of carbonyl (C=O) groups excluding carboxylic acids is 3. The number of nitrogens with zero attached hydrogens (tertiary/aromatic N) is 1. The second-order valence-electron chi connectivity index (χ2n) is 8.82. The Bertz CT molecular complexity index is 1080. The van der Waals surface area contributed by atoms with Gasteiger partial charge in [-0.05, 0) is 42.9 Å². The number of aryl methyl sites for hydroxylation is 2. The van der Waals surface area contributed by atoms with Crippen molar-refractivity contribution < 1.29 is 14.4 Å². The van der Waals surface area contributed by atoms with Gasteiger partial charge >= 0.3 is 0 Å². The summed E-state index contributed by atoms with van der Waals surface area (Å²) in [6, 6.07) is 7.06. The van der Waals surface area contributed by atoms with E-state index in [1.165, 1.54) is 18.0 Å². The van der Waals surface area contributed by atoms with Crippen LogP contribution in [0.2, 0.25) is 0 Å². The van der Waals surface area contributed by atoms with Crippen LogP contribution in [0.4, 0.5) is 5.69 Å². The Morgan fingerprint density at radius 2 is 1.77 bits per heavy atom. The summed E-state index contributed by atoms with van der Waals surface area (Å²) in [6.07, 6.45) is 0.916. The zero-order valence-corrected chi connectivity index (χ0v) is 18.0. The fourth-order valence-electron chi connectivity index (χ4n) is 3.87. The molecule has 158 valence electrons. The minimum Gasteiger partial charge on any atom is -0.332 e. The maximum Gasteiger partial charge on any atom is 0.261 e. The van der Waals surface area contributed by atoms with Gasteiger partial charge in [0.1, 0.15) is 5.56 Å². The number of anilines is 1. The SMILES string of the molecule is Cc1cccc(C)c1NC(=O)CN(C)C(=O)c1cc2c([nH]c1=O)CC(C)(C)CC2=O. The number of Topliss-reactive ketones (excluding diaryl/α,β-unsaturated/α-hetero) is 1. The number of benzene rings is 1. The van der Waals surface area contributed by atoms with Gasteiger partial charge in [0.25, 0.3) is 11.5 Å². The second kappa shape index (κ2) is 7.89. The topological polar surface area (TPSA) is 99.3 Å². The number of carbonyl (C=O) groups is 3. The number of nitrogens with one attached hydrogen (secondary N) is 2. The molecule has 0 saturated heterocycles. The number of para-hydroxylation sites is 1. The average Bonchev–Trinajstić information content (AvgIpc) is 2.62. The lowest BCUT2D eigenvalue weighted by molar-refractivity contribution is -0.116. The molecule has 2 amide bonds. The number of fused-ring (bicyclic) bond motifs is 1. The first-order chi connectivity index (χ1) is 14.0. The number of amides is 2. The van der Waals surface area contributed by atoms with Crippen LogP contribution in [0.1, 0.15) is 57.8 Å². The fourth-order valence-corrected chi connectivity index (χ4v) is 3.87. The van der Waals surface area contributed by atoms with Crippen LogP contribution >= 0.6 is 0 Å². The molecule has 0 saturated carbocycles. The van der Waals surface area contributed by atoms with E-state index in [0.717, 1.165) is 11.1 Å². The number of H-pyrrole nitrogens is 1. The summed E-state index contributed by atoms with van der Waals surface area (Å²) in [5, 5.41) is 2.82. The highest BCUT2D eigenvalue weighted by atomic mass is 16.2. The third kappa shape index (κ3) is 4.35. The van der Waals surface area contributed by atoms with Crippen molar-refractivity contribution in [1.29, 1.82) is 0 Å². The third-order valence-electron chi connectivity index (χ3n) is 5.42. The molecule has 2 aromatic rings. The van der Waals surface area contributed by atoms with Crippen LogP contribution in [0, 0.1) is 19.3 Å². The van der Waals surface area contributed by atoms with Crippen LogP contribution in [-0.2, 0) is 11.2 Å². The molecule has 1 aliphatic carbocycles. The van der Waals surface area contributed by atoms with Crippen LogP contribution in [-0.4, -0.2) is 41.1 Å². The molecule has 1 aromatic carbocycles. The molecule has 7 nitrogen and oxygen atoms in total. The number of rotatable bonds is 4. The summed E-state index contributed by atoms with van der Waals surface area (Å²) >= 11 is 0. The Morgan fingerprint density at radius 1 is 1.13 bits per heavy atom. The molecule has 0 aliphatic heterocycles. The minimum absolute atomic E-state index is 0.0954. The molecule has 0 unspecified atom stereocenters. The first-order valence-electron chi connectivity index (χ1n) is 9.89. The van der Waals surface area contributed by atoms with E-state index in [0.29, 0.717) is 29.8 Å². The van der Waals surface area contributed by atoms with Crippen molar-refractivity contribution in [3.63, 3.8) is 0 Å². The van der Waals surface area contributed by atoms with Crippen LogP contribution in [0.25, 0.3) is 0 Å². The number of aromatic amines is 1. The molecule has 0 bridgehead atoms. The summed E-state index contributed by atoms with van der Waals surface area (Å²) in [6.45, 7) is 7.50. The molecular formula is C23H27N3O4. The zero-order valence-electron chi connectivity index (χ0n) is 18.0. The second-order valence-corrected chi connectivity index (χ2v) is 8.82. The molecule has 1 aromatic heterocycles. The highest BCUT2D eigenvalue weighted by molar-refractivity contribution is 6.03. The number of hydrogen-bond donors (Lipinski definition) is 2. The minimum atomic E-state index is -0.603. The highest BCUT2D eigenvalue weighted by Crippen LogP contribution is 2.33. The van der Waals surface area contributed by atoms with Crippen LogP contribution in [0.3, 0.4) is 0 Å². The molecule has 1 heterocycles. The van der Waals surface area contributed by atoms with E-state index < -0.39 is 11.5 Å². The molecule has 0 atom stereocenters. The first-order valence-corrected chi connectivity index (χ1v) is 9.89. The lowest BCUT2D eigenvalue weighted by atomic mass is 9.75. The van der Waals surface area contributed by atoms with E-state index in [4.69, 9.17) is 0 Å². The van der Waals surface area contributed by atoms with Gasteiger partial charge in [-0.25, -0.2) is 0 Å². The van der Waals surface area contributed by atoms with Crippen LogP contribution < -0.4 is 10.9 Å². The van der Waals surface area contributed by atoms with Crippen molar-refractivity contribution >= 4 is 23.3 Å². The summed E-state index contributed by atoms with van der Waals surface area (Å²) < 4.78 is 0. The van der Waals surface area contributed by atoms with E-state index in [2.05, 4.69) is 10.3 Å². The molecule has 0 spiro atoms. The summed E-state index contributed by atoms with van der Waals surface area (Å²) in [4.78, 5) is 54.2. The Hall–Kier alpha value is -3.22. The normalized spacial score (nSPS) is 14.8. The Morgan fingerprint density at radius 3 is 2.40 bits per heavy atom. The van der Waals surface area contributed by atoms with E-state index in [9.17, 15) is 19.2 Å². The van der Waals surface area contributed by atoms with Crippen molar-refractivity contribution in [3.05, 3.63) is 62.6 Å². The summed E-state index contributed by atoms with van der Waals surface area (Å²) in [7, 11) is 1.45. The van der Waals surface area contributed by atoms with Crippen molar-refractivity contribution in [1.82, 2.24) is 9.88 Å². The van der Waals surface area contributed by atoms with Crippen LogP contribution in [0.5, 0.6) is 0 Å². The predicted molar refractivity (Wildman–Crippen MR) is 115 cm³/mol. The smallest absolute Gasteiger partial charge is 0.261 e. The lowest BCUT2D eigenvalue weighted by Gasteiger charge is -2.30. The average molecular weight is 409 g/mol. The van der Waals surface area contributed by atoms with Crippen LogP contribution in [0.15, 0.2) is 29.1 Å². The maximum atomic E-state index is 12.8. The lowest BCUT2D eigenvalue weighted by Crippen LogP contribution is -2.39. The van der Waals surface area contributed by atoms with Crippen molar-refractivity contribution in [2.45, 2.75) is 40.5 Å². The molecule has 1 aliphatic rings. The van der Waals surface area contributed by atoms with Gasteiger partial charge in [-0.1, -0.05) is 32.0 Å². The van der Waals surface area contributed by atoms with Gasteiger partial charge in [0.15, 0.2) is 5.78 Å². The van der Waals surface area contributed by atoms with E-state index >= 15 is 0 Å². The van der Waals surface area contributed by atoms with Crippen molar-refractivity contribution in [2.75, 3.05) is 18.9 Å². The molecule has 0 radical (unpaired) electrons.